The molecule has 4 N–H and O–H groups in total. The minimum Gasteiger partial charge on any atom is -0.386 e. The molecule has 0 radical (unpaired) electrons. The van der Waals surface area contributed by atoms with Crippen LogP contribution in [0, 0.1) is 12.8 Å². The van der Waals surface area contributed by atoms with Crippen LogP contribution in [0.2, 0.25) is 0 Å². The predicted octanol–water partition coefficient (Wildman–Crippen LogP) is 5.85. The van der Waals surface area contributed by atoms with Gasteiger partial charge in [0.05, 0.1) is 13.1 Å². The first-order valence-corrected chi connectivity index (χ1v) is 12.7. The van der Waals surface area contributed by atoms with Crippen LogP contribution < -0.4 is 15.5 Å². The number of aliphatic hydroxyl groups is 1. The van der Waals surface area contributed by atoms with Crippen LogP contribution in [0.15, 0.2) is 46.5 Å². The van der Waals surface area contributed by atoms with Gasteiger partial charge in [0, 0.05) is 32.7 Å². The summed E-state index contributed by atoms with van der Waals surface area (Å²) in [6, 6.07) is 8.82. The topological polar surface area (TPSA) is 102 Å². The number of aryl methyl sites for hydroxylation is 1. The lowest BCUT2D eigenvalue weighted by Crippen LogP contribution is -2.63. The Morgan fingerprint density at radius 3 is 2.50 bits per heavy atom. The van der Waals surface area contributed by atoms with Gasteiger partial charge in [-0.15, -0.1) is 0 Å². The second kappa shape index (κ2) is 9.47. The van der Waals surface area contributed by atoms with Gasteiger partial charge in [-0.25, -0.2) is 9.97 Å². The van der Waals surface area contributed by atoms with Crippen LogP contribution >= 0.6 is 11.8 Å². The highest BCUT2D eigenvalue weighted by Crippen LogP contribution is 2.45. The number of aromatic amines is 1. The number of nitrogens with one attached hydrogen (secondary N) is 3. The summed E-state index contributed by atoms with van der Waals surface area (Å²) in [7, 11) is 0. The van der Waals surface area contributed by atoms with Crippen molar-refractivity contribution in [3.63, 3.8) is 0 Å². The summed E-state index contributed by atoms with van der Waals surface area (Å²) >= 11 is 1.31. The lowest BCUT2D eigenvalue weighted by Gasteiger charge is -2.47. The summed E-state index contributed by atoms with van der Waals surface area (Å²) in [5.41, 5.74) is 0.651. The van der Waals surface area contributed by atoms with Crippen molar-refractivity contribution >= 4 is 34.9 Å². The maximum Gasteiger partial charge on any atom is 0.408 e. The van der Waals surface area contributed by atoms with Crippen LogP contribution in [0.5, 0.6) is 0 Å². The van der Waals surface area contributed by atoms with Crippen molar-refractivity contribution in [1.29, 1.82) is 0 Å². The maximum absolute atomic E-state index is 13.1. The molecule has 0 amide bonds. The first-order chi connectivity index (χ1) is 17.1. The highest BCUT2D eigenvalue weighted by molar-refractivity contribution is 7.99. The van der Waals surface area contributed by atoms with Gasteiger partial charge < -0.3 is 20.6 Å². The van der Waals surface area contributed by atoms with Crippen LogP contribution in [-0.2, 0) is 0 Å². The van der Waals surface area contributed by atoms with Crippen molar-refractivity contribution in [2.75, 3.05) is 28.6 Å². The fourth-order valence-electron chi connectivity index (χ4n) is 4.29. The summed E-state index contributed by atoms with van der Waals surface area (Å²) in [5, 5.41) is 24.0. The molecule has 2 aromatic heterocycles. The zero-order chi connectivity index (χ0) is 25.5. The zero-order valence-corrected chi connectivity index (χ0v) is 20.7. The van der Waals surface area contributed by atoms with Gasteiger partial charge in [0.2, 0.25) is 0 Å². The van der Waals surface area contributed by atoms with E-state index in [2.05, 4.69) is 25.8 Å². The fourth-order valence-corrected chi connectivity index (χ4v) is 5.06. The smallest absolute Gasteiger partial charge is 0.386 e. The molecule has 3 heterocycles. The van der Waals surface area contributed by atoms with Gasteiger partial charge in [-0.05, 0) is 68.1 Å². The number of hydrogen-bond donors (Lipinski definition) is 4. The second-order valence-corrected chi connectivity index (χ2v) is 10.5. The number of hydrogen-bond acceptors (Lipinski definition) is 8. The van der Waals surface area contributed by atoms with Crippen LogP contribution in [0.4, 0.5) is 36.3 Å². The van der Waals surface area contributed by atoms with Gasteiger partial charge in [-0.2, -0.15) is 18.3 Å². The summed E-state index contributed by atoms with van der Waals surface area (Å²) in [5.74, 6) is 2.24. The molecular weight excluding hydrogens is 491 g/mol. The summed E-state index contributed by atoms with van der Waals surface area (Å²) in [6.07, 6.45) is -2.24. The Bertz CT molecular complexity index is 1220. The van der Waals surface area contributed by atoms with E-state index in [0.29, 0.717) is 47.3 Å². The van der Waals surface area contributed by atoms with E-state index in [4.69, 9.17) is 4.98 Å². The summed E-state index contributed by atoms with van der Waals surface area (Å²) in [4.78, 5) is 12.1. The van der Waals surface area contributed by atoms with E-state index in [1.54, 1.807) is 24.3 Å². The molecule has 1 aromatic carbocycles. The molecule has 1 aliphatic heterocycles. The largest absolute Gasteiger partial charge is 0.408 e. The zero-order valence-electron chi connectivity index (χ0n) is 19.9. The molecule has 0 spiro atoms. The second-order valence-electron chi connectivity index (χ2n) is 9.46. The monoisotopic (exact) mass is 525 g/mol. The summed E-state index contributed by atoms with van der Waals surface area (Å²) in [6.45, 7) is 4.45. The third-order valence-corrected chi connectivity index (χ3v) is 7.33. The van der Waals surface area contributed by atoms with Crippen molar-refractivity contribution < 1.29 is 22.6 Å². The molecule has 8 nitrogen and oxygen atoms in total. The van der Waals surface area contributed by atoms with Crippen LogP contribution in [0.25, 0.3) is 0 Å². The predicted molar refractivity (Wildman–Crippen MR) is 139 cm³/mol. The van der Waals surface area contributed by atoms with Gasteiger partial charge >= 0.3 is 6.18 Å². The number of anilines is 4. The SMILES string of the molecule is CCC(Nc1ccc(Sc2nc(Nc3cc(C)[nH]n3)cc(N3CC(O)(C4CC4)C3)n2)cc1)C(F)(F)F.[HH].[HH].[HH]. The lowest BCUT2D eigenvalue weighted by atomic mass is 9.89. The Kier molecular flexibility index (Phi) is 6.50. The Labute approximate surface area is 215 Å². The number of β-amino-alcohol motifs (C(OH)–C–C–N with tert-alkyl or cyclic N) is 1. The Balaban J connectivity index is 0.00000178. The molecule has 36 heavy (non-hydrogen) atoms. The number of rotatable bonds is 9. The van der Waals surface area contributed by atoms with E-state index in [1.807, 2.05) is 24.0 Å². The Morgan fingerprint density at radius 2 is 1.92 bits per heavy atom. The molecule has 1 unspecified atom stereocenters. The van der Waals surface area contributed by atoms with Crippen molar-refractivity contribution in [2.24, 2.45) is 5.92 Å². The van der Waals surface area contributed by atoms with E-state index in [9.17, 15) is 18.3 Å². The molecular formula is C24H34F3N7OS. The van der Waals surface area contributed by atoms with E-state index in [1.165, 1.54) is 18.7 Å². The highest BCUT2D eigenvalue weighted by atomic mass is 32.2. The average molecular weight is 526 g/mol. The number of aromatic nitrogens is 4. The normalized spacial score (nSPS) is 18.0. The van der Waals surface area contributed by atoms with E-state index in [0.717, 1.165) is 23.4 Å². The molecule has 198 valence electrons. The number of H-pyrrole nitrogens is 1. The molecule has 2 aliphatic rings. The third-order valence-electron chi connectivity index (χ3n) is 6.45. The number of halogens is 3. The first kappa shape index (κ1) is 24.7. The molecule has 1 aliphatic carbocycles. The fraction of sp³-hybridized carbons (Fsp3) is 0.458. The van der Waals surface area contributed by atoms with Gasteiger partial charge in [0.1, 0.15) is 23.3 Å². The number of nitrogens with zero attached hydrogens (tertiary/aromatic N) is 4. The molecule has 5 rings (SSSR count). The quantitative estimate of drug-likeness (QED) is 0.258. The van der Waals surface area contributed by atoms with Crippen LogP contribution in [0.3, 0.4) is 0 Å². The van der Waals surface area contributed by atoms with Gasteiger partial charge in [-0.3, -0.25) is 5.10 Å². The number of benzene rings is 1. The minimum absolute atomic E-state index is 0. The molecule has 1 saturated heterocycles. The van der Waals surface area contributed by atoms with Gasteiger partial charge in [0.15, 0.2) is 11.0 Å². The first-order valence-electron chi connectivity index (χ1n) is 11.9. The molecule has 2 fully saturated rings. The van der Waals surface area contributed by atoms with E-state index >= 15 is 0 Å². The van der Waals surface area contributed by atoms with Gasteiger partial charge in [0.25, 0.3) is 0 Å². The maximum atomic E-state index is 13.1. The average Bonchev–Trinajstić information content (AvgIpc) is 3.58. The molecule has 1 saturated carbocycles. The Hall–Kier alpha value is -2.99. The third kappa shape index (κ3) is 5.54. The van der Waals surface area contributed by atoms with Crippen molar-refractivity contribution in [3.05, 3.63) is 42.1 Å². The molecule has 1 atom stereocenters. The minimum atomic E-state index is -4.31. The van der Waals surface area contributed by atoms with E-state index in [-0.39, 0.29) is 10.7 Å². The molecule has 12 heteroatoms. The summed E-state index contributed by atoms with van der Waals surface area (Å²) < 4.78 is 39.3. The Morgan fingerprint density at radius 1 is 1.19 bits per heavy atom. The van der Waals surface area contributed by atoms with Crippen molar-refractivity contribution in [1.82, 2.24) is 20.2 Å². The van der Waals surface area contributed by atoms with Crippen molar-refractivity contribution in [2.45, 2.75) is 61.0 Å². The molecule has 3 aromatic rings. The van der Waals surface area contributed by atoms with Gasteiger partial charge in [-0.1, -0.05) is 6.92 Å². The van der Waals surface area contributed by atoms with Crippen LogP contribution in [0.1, 0.15) is 36.2 Å². The van der Waals surface area contributed by atoms with Crippen molar-refractivity contribution in [3.8, 4) is 0 Å². The van der Waals surface area contributed by atoms with E-state index < -0.39 is 17.8 Å². The molecule has 0 bridgehead atoms. The lowest BCUT2D eigenvalue weighted by molar-refractivity contribution is -0.142. The highest BCUT2D eigenvalue weighted by Gasteiger charge is 2.52. The standard InChI is InChI=1S/C24H28F3N7OS.3H2/c1-3-18(24(25,26)27)28-16-6-8-17(9-7-16)36-22-30-19(29-20-10-14(2)32-33-20)11-21(31-22)34-12-23(35,13-34)15-4-5-15;;;/h6-11,15,18,28,35H,3-5,12-13H2,1-2H3,(H2,29,30,31,32,33);3*1H. The number of alkyl halides is 3. The van der Waals surface area contributed by atoms with Crippen LogP contribution in [-0.4, -0.2) is 56.2 Å².